The van der Waals surface area contributed by atoms with Gasteiger partial charge in [-0.25, -0.2) is 0 Å². The van der Waals surface area contributed by atoms with Crippen molar-refractivity contribution in [2.24, 2.45) is 5.92 Å². The smallest absolute Gasteiger partial charge is 0.179 e. The van der Waals surface area contributed by atoms with Gasteiger partial charge in [0.15, 0.2) is 5.79 Å². The Labute approximate surface area is 93.0 Å². The normalized spacial score (nSPS) is 28.3. The van der Waals surface area contributed by atoms with Crippen molar-refractivity contribution in [2.75, 3.05) is 6.61 Å². The van der Waals surface area contributed by atoms with Crippen molar-refractivity contribution in [1.82, 2.24) is 0 Å². The molecule has 0 spiro atoms. The maximum Gasteiger partial charge on any atom is 0.179 e. The minimum absolute atomic E-state index is 0.135. The predicted molar refractivity (Wildman–Crippen MR) is 61.2 cm³/mol. The zero-order valence-corrected chi connectivity index (χ0v) is 9.67. The molecule has 2 atom stereocenters. The number of hydrogen-bond donors (Lipinski definition) is 1. The lowest BCUT2D eigenvalue weighted by Crippen LogP contribution is -2.43. The predicted octanol–water partition coefficient (Wildman–Crippen LogP) is 2.71. The summed E-state index contributed by atoms with van der Waals surface area (Å²) in [6.45, 7) is 2.80. The summed E-state index contributed by atoms with van der Waals surface area (Å²) in [7, 11) is 0. The third-order valence-corrected chi connectivity index (χ3v) is 3.12. The molecular formula is C13H22O2. The molecule has 1 saturated heterocycles. The minimum Gasteiger partial charge on any atom is -0.364 e. The quantitative estimate of drug-likeness (QED) is 0.558. The third-order valence-electron chi connectivity index (χ3n) is 3.12. The molecule has 86 valence electrons. The number of unbranched alkanes of at least 4 members (excludes halogenated alkanes) is 2. The van der Waals surface area contributed by atoms with Crippen molar-refractivity contribution in [3.8, 4) is 12.3 Å². The van der Waals surface area contributed by atoms with Gasteiger partial charge in [0, 0.05) is 6.42 Å². The fourth-order valence-electron chi connectivity index (χ4n) is 2.11. The van der Waals surface area contributed by atoms with Crippen LogP contribution in [0.15, 0.2) is 0 Å². The lowest BCUT2D eigenvalue weighted by atomic mass is 9.88. The Morgan fingerprint density at radius 2 is 2.27 bits per heavy atom. The monoisotopic (exact) mass is 210 g/mol. The van der Waals surface area contributed by atoms with Crippen molar-refractivity contribution >= 4 is 0 Å². The highest BCUT2D eigenvalue weighted by Crippen LogP contribution is 2.32. The van der Waals surface area contributed by atoms with E-state index in [1.54, 1.807) is 0 Å². The molecule has 15 heavy (non-hydrogen) atoms. The van der Waals surface area contributed by atoms with Gasteiger partial charge in [0.05, 0.1) is 12.5 Å². The summed E-state index contributed by atoms with van der Waals surface area (Å²) >= 11 is 0. The topological polar surface area (TPSA) is 29.5 Å². The summed E-state index contributed by atoms with van der Waals surface area (Å²) < 4.78 is 5.46. The first kappa shape index (κ1) is 12.5. The molecular weight excluding hydrogens is 188 g/mol. The SMILES string of the molecule is C#CC(CCCCC)[C@]1(O)CCCCO1. The van der Waals surface area contributed by atoms with Crippen LogP contribution >= 0.6 is 0 Å². The van der Waals surface area contributed by atoms with Crippen LogP contribution in [0.3, 0.4) is 0 Å². The molecule has 0 amide bonds. The van der Waals surface area contributed by atoms with Crippen LogP contribution in [0.1, 0.15) is 51.9 Å². The highest BCUT2D eigenvalue weighted by Gasteiger charge is 2.37. The lowest BCUT2D eigenvalue weighted by molar-refractivity contribution is -0.246. The van der Waals surface area contributed by atoms with Crippen molar-refractivity contribution < 1.29 is 9.84 Å². The van der Waals surface area contributed by atoms with Crippen LogP contribution in [0.2, 0.25) is 0 Å². The van der Waals surface area contributed by atoms with Crippen LogP contribution in [0.25, 0.3) is 0 Å². The number of hydrogen-bond acceptors (Lipinski definition) is 2. The number of rotatable bonds is 5. The van der Waals surface area contributed by atoms with E-state index in [1.807, 2.05) is 0 Å². The van der Waals surface area contributed by atoms with Crippen LogP contribution in [0, 0.1) is 18.3 Å². The third kappa shape index (κ3) is 3.52. The van der Waals surface area contributed by atoms with Gasteiger partial charge in [0.1, 0.15) is 0 Å². The summed E-state index contributed by atoms with van der Waals surface area (Å²) in [6, 6.07) is 0. The van der Waals surface area contributed by atoms with Gasteiger partial charge >= 0.3 is 0 Å². The summed E-state index contributed by atoms with van der Waals surface area (Å²) in [4.78, 5) is 0. The van der Waals surface area contributed by atoms with E-state index in [2.05, 4.69) is 12.8 Å². The zero-order valence-electron chi connectivity index (χ0n) is 9.67. The van der Waals surface area contributed by atoms with Gasteiger partial charge in [0.2, 0.25) is 0 Å². The first-order valence-electron chi connectivity index (χ1n) is 6.05. The number of aliphatic hydroxyl groups is 1. The Balaban J connectivity index is 2.45. The molecule has 1 aliphatic heterocycles. The maximum atomic E-state index is 10.3. The largest absolute Gasteiger partial charge is 0.364 e. The molecule has 0 bridgehead atoms. The van der Waals surface area contributed by atoms with Gasteiger partial charge in [-0.15, -0.1) is 6.42 Å². The van der Waals surface area contributed by atoms with E-state index < -0.39 is 5.79 Å². The van der Waals surface area contributed by atoms with E-state index in [0.717, 1.165) is 25.7 Å². The van der Waals surface area contributed by atoms with E-state index in [-0.39, 0.29) is 5.92 Å². The summed E-state index contributed by atoms with van der Waals surface area (Å²) in [5.41, 5.74) is 0. The molecule has 1 fully saturated rings. The van der Waals surface area contributed by atoms with Gasteiger partial charge in [-0.05, 0) is 19.3 Å². The van der Waals surface area contributed by atoms with E-state index >= 15 is 0 Å². The van der Waals surface area contributed by atoms with Crippen molar-refractivity contribution in [3.05, 3.63) is 0 Å². The number of terminal acetylenes is 1. The molecule has 2 heteroatoms. The van der Waals surface area contributed by atoms with Crippen LogP contribution in [-0.4, -0.2) is 17.5 Å². The van der Waals surface area contributed by atoms with Crippen LogP contribution in [0.5, 0.6) is 0 Å². The molecule has 1 aliphatic rings. The highest BCUT2D eigenvalue weighted by molar-refractivity contribution is 5.01. The fraction of sp³-hybridized carbons (Fsp3) is 0.846. The van der Waals surface area contributed by atoms with Crippen LogP contribution in [-0.2, 0) is 4.74 Å². The van der Waals surface area contributed by atoms with Gasteiger partial charge < -0.3 is 9.84 Å². The second-order valence-corrected chi connectivity index (χ2v) is 4.37. The molecule has 0 aromatic heterocycles. The van der Waals surface area contributed by atoms with Gasteiger partial charge in [-0.1, -0.05) is 32.1 Å². The molecule has 0 radical (unpaired) electrons. The Hall–Kier alpha value is -0.520. The van der Waals surface area contributed by atoms with Gasteiger partial charge in [-0.3, -0.25) is 0 Å². The second kappa shape index (κ2) is 6.15. The standard InChI is InChI=1S/C13H22O2/c1-3-5-6-9-12(4-2)13(14)10-7-8-11-15-13/h2,12,14H,3,5-11H2,1H3/t12?,13-/m0/s1. The average Bonchev–Trinajstić information content (AvgIpc) is 2.25. The molecule has 2 nitrogen and oxygen atoms in total. The van der Waals surface area contributed by atoms with Crippen LogP contribution < -0.4 is 0 Å². The average molecular weight is 210 g/mol. The Morgan fingerprint density at radius 1 is 1.47 bits per heavy atom. The summed E-state index contributed by atoms with van der Waals surface area (Å²) in [6.07, 6.45) is 12.5. The molecule has 1 heterocycles. The van der Waals surface area contributed by atoms with E-state index in [1.165, 1.54) is 12.8 Å². The maximum absolute atomic E-state index is 10.3. The van der Waals surface area contributed by atoms with Crippen molar-refractivity contribution in [2.45, 2.75) is 57.7 Å². The molecule has 0 aliphatic carbocycles. The minimum atomic E-state index is -1.04. The Morgan fingerprint density at radius 3 is 2.80 bits per heavy atom. The Bertz CT molecular complexity index is 211. The number of ether oxygens (including phenoxy) is 1. The van der Waals surface area contributed by atoms with Crippen molar-refractivity contribution in [3.63, 3.8) is 0 Å². The molecule has 0 aromatic rings. The lowest BCUT2D eigenvalue weighted by Gasteiger charge is -2.36. The summed E-state index contributed by atoms with van der Waals surface area (Å²) in [5, 5.41) is 10.3. The van der Waals surface area contributed by atoms with E-state index in [9.17, 15) is 5.11 Å². The first-order chi connectivity index (χ1) is 7.23. The first-order valence-corrected chi connectivity index (χ1v) is 6.05. The van der Waals surface area contributed by atoms with E-state index in [4.69, 9.17) is 11.2 Å². The van der Waals surface area contributed by atoms with E-state index in [0.29, 0.717) is 13.0 Å². The molecule has 1 rings (SSSR count). The fourth-order valence-corrected chi connectivity index (χ4v) is 2.11. The summed E-state index contributed by atoms with van der Waals surface area (Å²) in [5.74, 6) is 1.52. The van der Waals surface area contributed by atoms with Crippen molar-refractivity contribution in [1.29, 1.82) is 0 Å². The van der Waals surface area contributed by atoms with Gasteiger partial charge in [-0.2, -0.15) is 0 Å². The highest BCUT2D eigenvalue weighted by atomic mass is 16.6. The zero-order chi connectivity index (χ0) is 11.1. The molecule has 1 N–H and O–H groups in total. The molecule has 0 saturated carbocycles. The van der Waals surface area contributed by atoms with Gasteiger partial charge in [0.25, 0.3) is 0 Å². The molecule has 0 aromatic carbocycles. The molecule has 1 unspecified atom stereocenters. The Kier molecular flexibility index (Phi) is 5.14. The van der Waals surface area contributed by atoms with Crippen LogP contribution in [0.4, 0.5) is 0 Å². The second-order valence-electron chi connectivity index (χ2n) is 4.37.